The molecule has 0 aromatic carbocycles. The Balaban J connectivity index is 1.90. The van der Waals surface area contributed by atoms with E-state index in [2.05, 4.69) is 36.8 Å². The van der Waals surface area contributed by atoms with Crippen LogP contribution < -0.4 is 11.1 Å². The molecule has 13 heteroatoms. The fraction of sp³-hybridized carbons (Fsp3) is 0.500. The zero-order valence-electron chi connectivity index (χ0n) is 17.1. The van der Waals surface area contributed by atoms with Crippen LogP contribution in [0.1, 0.15) is 19.0 Å². The summed E-state index contributed by atoms with van der Waals surface area (Å²) in [5.74, 6) is 4.99. The third-order valence-corrected chi connectivity index (χ3v) is 4.57. The summed E-state index contributed by atoms with van der Waals surface area (Å²) in [6.07, 6.45) is -4.47. The highest BCUT2D eigenvalue weighted by atomic mass is 16.6. The number of carbonyl (C=O) groups is 2. The number of ether oxygens (including phenoxy) is 2. The van der Waals surface area contributed by atoms with Crippen molar-refractivity contribution in [1.82, 2.24) is 29.7 Å². The first-order valence-corrected chi connectivity index (χ1v) is 9.35. The third kappa shape index (κ3) is 4.36. The van der Waals surface area contributed by atoms with Crippen LogP contribution in [0.15, 0.2) is 6.33 Å². The lowest BCUT2D eigenvalue weighted by molar-refractivity contribution is -0.137. The summed E-state index contributed by atoms with van der Waals surface area (Å²) in [5.41, 5.74) is 6.39. The number of aliphatic hydroxyl groups excluding tert-OH is 2. The minimum atomic E-state index is -1.44. The summed E-state index contributed by atoms with van der Waals surface area (Å²) in [6, 6.07) is 0. The number of amides is 2. The summed E-state index contributed by atoms with van der Waals surface area (Å²) in [5, 5.41) is 23.2. The van der Waals surface area contributed by atoms with Gasteiger partial charge in [-0.15, -0.1) is 0 Å². The first-order valence-electron chi connectivity index (χ1n) is 9.35. The average Bonchev–Trinajstić information content (AvgIpc) is 3.29. The second-order valence-corrected chi connectivity index (χ2v) is 6.71. The molecule has 166 valence electrons. The van der Waals surface area contributed by atoms with Crippen molar-refractivity contribution < 1.29 is 29.3 Å². The smallest absolute Gasteiger partial charge is 0.410 e. The quantitative estimate of drug-likeness (QED) is 0.403. The van der Waals surface area contributed by atoms with Crippen molar-refractivity contribution in [3.05, 3.63) is 12.2 Å². The van der Waals surface area contributed by atoms with Crippen molar-refractivity contribution in [2.45, 2.75) is 31.5 Å². The summed E-state index contributed by atoms with van der Waals surface area (Å²) in [7, 11) is 2.78. The molecule has 2 aromatic rings. The van der Waals surface area contributed by atoms with Crippen molar-refractivity contribution in [2.24, 2.45) is 0 Å². The second kappa shape index (κ2) is 9.13. The van der Waals surface area contributed by atoms with Gasteiger partial charge in [-0.3, -0.25) is 9.36 Å². The Morgan fingerprint density at radius 1 is 1.39 bits per heavy atom. The van der Waals surface area contributed by atoms with Crippen LogP contribution in [0.5, 0.6) is 0 Å². The van der Waals surface area contributed by atoms with E-state index in [9.17, 15) is 19.8 Å². The summed E-state index contributed by atoms with van der Waals surface area (Å²) in [4.78, 5) is 37.3. The van der Waals surface area contributed by atoms with Crippen LogP contribution in [0.25, 0.3) is 11.2 Å². The van der Waals surface area contributed by atoms with Crippen molar-refractivity contribution in [3.8, 4) is 11.8 Å². The van der Waals surface area contributed by atoms with Gasteiger partial charge in [-0.05, 0) is 12.8 Å². The molecule has 1 aliphatic heterocycles. The van der Waals surface area contributed by atoms with Gasteiger partial charge in [0, 0.05) is 13.6 Å². The minimum Gasteiger partial charge on any atom is -0.453 e. The normalized spacial score (nSPS) is 22.6. The van der Waals surface area contributed by atoms with Gasteiger partial charge in [-0.2, -0.15) is 0 Å². The van der Waals surface area contributed by atoms with E-state index >= 15 is 0 Å². The third-order valence-electron chi connectivity index (χ3n) is 4.57. The van der Waals surface area contributed by atoms with E-state index < -0.39 is 36.5 Å². The Morgan fingerprint density at radius 2 is 2.13 bits per heavy atom. The van der Waals surface area contributed by atoms with Gasteiger partial charge < -0.3 is 35.6 Å². The molecule has 13 nitrogen and oxygen atoms in total. The van der Waals surface area contributed by atoms with E-state index in [4.69, 9.17) is 10.5 Å². The lowest BCUT2D eigenvalue weighted by Crippen LogP contribution is -2.42. The van der Waals surface area contributed by atoms with Crippen LogP contribution >= 0.6 is 0 Å². The van der Waals surface area contributed by atoms with Gasteiger partial charge in [0.25, 0.3) is 5.91 Å². The van der Waals surface area contributed by atoms with Crippen LogP contribution in [-0.4, -0.2) is 92.2 Å². The molecule has 0 radical (unpaired) electrons. The number of nitrogens with one attached hydrogen (secondary N) is 1. The standard InChI is InChI=1S/C18H23N7O6/c1-4-20-16(28)13-11(26)12(27)17(31-13)25-8-21-10-14(19)22-9(23-15(10)25)6-5-7-24(2)18(29)30-3/h8,11-13,17,26-27H,4,7H2,1-3H3,(H,20,28)(H2,19,22,23)/t11?,12-,13-,17+/m0/s1. The molecule has 3 heterocycles. The molecular formula is C18H23N7O6. The van der Waals surface area contributed by atoms with Crippen molar-refractivity contribution in [3.63, 3.8) is 0 Å². The van der Waals surface area contributed by atoms with Crippen LogP contribution in [0, 0.1) is 11.8 Å². The number of carbonyl (C=O) groups excluding carboxylic acids is 2. The highest BCUT2D eigenvalue weighted by molar-refractivity contribution is 5.83. The Kier molecular flexibility index (Phi) is 6.54. The number of fused-ring (bicyclic) bond motifs is 1. The Hall–Kier alpha value is -3.47. The van der Waals surface area contributed by atoms with E-state index in [-0.39, 0.29) is 29.4 Å². The highest BCUT2D eigenvalue weighted by Crippen LogP contribution is 2.32. The average molecular weight is 433 g/mol. The number of nitrogens with zero attached hydrogens (tertiary/aromatic N) is 5. The van der Waals surface area contributed by atoms with Gasteiger partial charge in [0.2, 0.25) is 5.82 Å². The lowest BCUT2D eigenvalue weighted by Gasteiger charge is -2.16. The molecule has 0 saturated carbocycles. The summed E-state index contributed by atoms with van der Waals surface area (Å²) in [6.45, 7) is 2.14. The number of imidazole rings is 1. The maximum Gasteiger partial charge on any atom is 0.410 e. The molecule has 4 atom stereocenters. The molecule has 1 saturated heterocycles. The number of hydrogen-bond acceptors (Lipinski definition) is 10. The molecule has 1 unspecified atom stereocenters. The molecule has 0 aliphatic carbocycles. The van der Waals surface area contributed by atoms with Crippen LogP contribution in [-0.2, 0) is 14.3 Å². The van der Waals surface area contributed by atoms with Gasteiger partial charge in [0.15, 0.2) is 23.8 Å². The summed E-state index contributed by atoms with van der Waals surface area (Å²) < 4.78 is 11.5. The number of aromatic nitrogens is 4. The Morgan fingerprint density at radius 3 is 2.81 bits per heavy atom. The fourth-order valence-electron chi connectivity index (χ4n) is 3.02. The molecule has 0 bridgehead atoms. The van der Waals surface area contributed by atoms with Gasteiger partial charge in [-0.1, -0.05) is 5.92 Å². The van der Waals surface area contributed by atoms with E-state index in [1.54, 1.807) is 6.92 Å². The largest absolute Gasteiger partial charge is 0.453 e. The molecule has 1 aliphatic rings. The predicted octanol–water partition coefficient (Wildman–Crippen LogP) is -1.79. The molecule has 0 spiro atoms. The molecule has 2 aromatic heterocycles. The SMILES string of the molecule is CCNC(=O)[C@H]1O[C@@H](n2cnc3c(N)nc(C#CCN(C)C(=O)OC)nc32)[C@@H](O)C1O. The van der Waals surface area contributed by atoms with Gasteiger partial charge in [-0.25, -0.2) is 19.7 Å². The van der Waals surface area contributed by atoms with Crippen LogP contribution in [0.2, 0.25) is 0 Å². The number of likely N-dealkylation sites (N-methyl/N-ethyl adjacent to an activating group) is 1. The molecule has 31 heavy (non-hydrogen) atoms. The first kappa shape index (κ1) is 22.2. The Bertz CT molecular complexity index is 1050. The van der Waals surface area contributed by atoms with E-state index in [1.807, 2.05) is 0 Å². The van der Waals surface area contributed by atoms with Crippen molar-refractivity contribution in [1.29, 1.82) is 0 Å². The number of nitrogens with two attached hydrogens (primary N) is 1. The first-order chi connectivity index (χ1) is 14.8. The van der Waals surface area contributed by atoms with Crippen molar-refractivity contribution in [2.75, 3.05) is 33.0 Å². The maximum atomic E-state index is 12.1. The van der Waals surface area contributed by atoms with E-state index in [0.29, 0.717) is 6.54 Å². The van der Waals surface area contributed by atoms with Crippen molar-refractivity contribution >= 4 is 29.0 Å². The minimum absolute atomic E-state index is 0.0442. The molecular weight excluding hydrogens is 410 g/mol. The number of aliphatic hydroxyl groups is 2. The molecule has 2 amide bonds. The van der Waals surface area contributed by atoms with Crippen LogP contribution in [0.4, 0.5) is 10.6 Å². The van der Waals surface area contributed by atoms with Crippen LogP contribution in [0.3, 0.4) is 0 Å². The zero-order valence-corrected chi connectivity index (χ0v) is 17.1. The number of rotatable bonds is 4. The molecule has 5 N–H and O–H groups in total. The number of nitrogen functional groups attached to an aromatic ring is 1. The van der Waals surface area contributed by atoms with E-state index in [0.717, 1.165) is 0 Å². The van der Waals surface area contributed by atoms with Gasteiger partial charge in [0.1, 0.15) is 17.7 Å². The lowest BCUT2D eigenvalue weighted by atomic mass is 10.1. The predicted molar refractivity (Wildman–Crippen MR) is 106 cm³/mol. The number of methoxy groups -OCH3 is 1. The summed E-state index contributed by atoms with van der Waals surface area (Å²) >= 11 is 0. The van der Waals surface area contributed by atoms with Gasteiger partial charge in [0.05, 0.1) is 20.0 Å². The van der Waals surface area contributed by atoms with E-state index in [1.165, 1.54) is 30.0 Å². The maximum absolute atomic E-state index is 12.1. The topological polar surface area (TPSA) is 178 Å². The monoisotopic (exact) mass is 433 g/mol. The van der Waals surface area contributed by atoms with Gasteiger partial charge >= 0.3 is 6.09 Å². The molecule has 1 fully saturated rings. The fourth-order valence-corrected chi connectivity index (χ4v) is 3.02. The highest BCUT2D eigenvalue weighted by Gasteiger charge is 2.47. The number of hydrogen-bond donors (Lipinski definition) is 4. The molecule has 3 rings (SSSR count). The Labute approximate surface area is 177 Å². The number of anilines is 1. The zero-order chi connectivity index (χ0) is 22.7. The second-order valence-electron chi connectivity index (χ2n) is 6.71.